The monoisotopic (exact) mass is 316 g/mol. The average molecular weight is 316 g/mol. The summed E-state index contributed by atoms with van der Waals surface area (Å²) in [6.07, 6.45) is 0. The van der Waals surface area contributed by atoms with Crippen molar-refractivity contribution >= 4 is 17.4 Å². The van der Waals surface area contributed by atoms with Crippen LogP contribution in [0.1, 0.15) is 12.5 Å². The molecule has 1 aromatic rings. The molecule has 1 fully saturated rings. The van der Waals surface area contributed by atoms with Crippen LogP contribution in [0.4, 0.5) is 0 Å². The Balaban J connectivity index is 2.06. The average Bonchev–Trinajstić information content (AvgIpc) is 2.85. The van der Waals surface area contributed by atoms with Gasteiger partial charge in [-0.1, -0.05) is 12.1 Å². The summed E-state index contributed by atoms with van der Waals surface area (Å²) in [4.78, 5) is 28.7. The molecule has 23 heavy (non-hydrogen) atoms. The number of carbonyl (C=O) groups excluding carboxylic acids is 2. The molecular formula is C17H20N2O4. The molecule has 2 aliphatic rings. The van der Waals surface area contributed by atoms with E-state index in [1.165, 1.54) is 4.90 Å². The minimum absolute atomic E-state index is 0.217. The molecule has 0 saturated carbocycles. The molecule has 0 atom stereocenters. The quantitative estimate of drug-likeness (QED) is 0.779. The lowest BCUT2D eigenvalue weighted by atomic mass is 10.0. The lowest BCUT2D eigenvalue weighted by molar-refractivity contribution is -0.137. The minimum atomic E-state index is -0.232. The Bertz CT molecular complexity index is 645. The van der Waals surface area contributed by atoms with Gasteiger partial charge in [0.15, 0.2) is 0 Å². The Hall–Kier alpha value is -2.34. The number of morpholine rings is 1. The van der Waals surface area contributed by atoms with Crippen molar-refractivity contribution in [3.05, 3.63) is 35.5 Å². The van der Waals surface area contributed by atoms with E-state index in [-0.39, 0.29) is 11.8 Å². The fourth-order valence-corrected chi connectivity index (χ4v) is 2.95. The molecule has 0 spiro atoms. The molecule has 2 amide bonds. The standard InChI is InChI=1S/C17H20N2O4/c1-3-19-16(20)14(12-4-6-13(22-2)7-5-12)15(17(19)21)18-8-10-23-11-9-18/h4-7H,3,8-11H2,1-2H3. The van der Waals surface area contributed by atoms with Gasteiger partial charge in [-0.05, 0) is 24.6 Å². The number of ether oxygens (including phenoxy) is 2. The van der Waals surface area contributed by atoms with Gasteiger partial charge in [0.05, 0.1) is 25.9 Å². The van der Waals surface area contributed by atoms with Crippen LogP contribution < -0.4 is 4.74 Å². The molecule has 2 aliphatic heterocycles. The van der Waals surface area contributed by atoms with Crippen LogP contribution in [0, 0.1) is 0 Å². The van der Waals surface area contributed by atoms with E-state index in [0.29, 0.717) is 49.9 Å². The van der Waals surface area contributed by atoms with Crippen molar-refractivity contribution in [2.75, 3.05) is 40.0 Å². The molecule has 0 aromatic heterocycles. The van der Waals surface area contributed by atoms with Crippen molar-refractivity contribution in [1.82, 2.24) is 9.80 Å². The highest BCUT2D eigenvalue weighted by Gasteiger charge is 2.40. The predicted molar refractivity (Wildman–Crippen MR) is 84.7 cm³/mol. The highest BCUT2D eigenvalue weighted by Crippen LogP contribution is 2.32. The van der Waals surface area contributed by atoms with Crippen LogP contribution in [0.2, 0.25) is 0 Å². The number of methoxy groups -OCH3 is 1. The van der Waals surface area contributed by atoms with Gasteiger partial charge in [-0.25, -0.2) is 0 Å². The predicted octanol–water partition coefficient (Wildman–Crippen LogP) is 1.13. The largest absolute Gasteiger partial charge is 0.497 e. The van der Waals surface area contributed by atoms with Crippen molar-refractivity contribution < 1.29 is 19.1 Å². The van der Waals surface area contributed by atoms with Crippen LogP contribution in [0.15, 0.2) is 30.0 Å². The Labute approximate surface area is 135 Å². The molecule has 0 N–H and O–H groups in total. The van der Waals surface area contributed by atoms with Gasteiger partial charge in [-0.3, -0.25) is 14.5 Å². The maximum Gasteiger partial charge on any atom is 0.277 e. The van der Waals surface area contributed by atoms with E-state index in [1.54, 1.807) is 19.2 Å². The SMILES string of the molecule is CCN1C(=O)C(c2ccc(OC)cc2)=C(N2CCOCC2)C1=O. The van der Waals surface area contributed by atoms with E-state index >= 15 is 0 Å². The number of imide groups is 1. The molecule has 0 radical (unpaired) electrons. The molecule has 1 saturated heterocycles. The van der Waals surface area contributed by atoms with Gasteiger partial charge < -0.3 is 14.4 Å². The van der Waals surface area contributed by atoms with Crippen molar-refractivity contribution in [3.63, 3.8) is 0 Å². The van der Waals surface area contributed by atoms with E-state index in [9.17, 15) is 9.59 Å². The van der Waals surface area contributed by atoms with Crippen molar-refractivity contribution in [3.8, 4) is 5.75 Å². The van der Waals surface area contributed by atoms with Gasteiger partial charge in [0.1, 0.15) is 11.4 Å². The first kappa shape index (κ1) is 15.6. The Kier molecular flexibility index (Phi) is 4.34. The second kappa shape index (κ2) is 6.42. The van der Waals surface area contributed by atoms with Crippen LogP contribution in [0.3, 0.4) is 0 Å². The van der Waals surface area contributed by atoms with E-state index in [4.69, 9.17) is 9.47 Å². The molecule has 1 aromatic carbocycles. The molecule has 3 rings (SSSR count). The van der Waals surface area contributed by atoms with Gasteiger partial charge >= 0.3 is 0 Å². The number of amides is 2. The number of rotatable bonds is 4. The van der Waals surface area contributed by atoms with Gasteiger partial charge in [0.2, 0.25) is 0 Å². The summed E-state index contributed by atoms with van der Waals surface area (Å²) in [7, 11) is 1.59. The number of likely N-dealkylation sites (N-methyl/N-ethyl adjacent to an activating group) is 1. The molecule has 0 aliphatic carbocycles. The molecule has 0 unspecified atom stereocenters. The summed E-state index contributed by atoms with van der Waals surface area (Å²) in [6.45, 7) is 4.53. The van der Waals surface area contributed by atoms with Crippen molar-refractivity contribution in [1.29, 1.82) is 0 Å². The van der Waals surface area contributed by atoms with E-state index in [0.717, 1.165) is 5.56 Å². The summed E-state index contributed by atoms with van der Waals surface area (Å²) in [5.41, 5.74) is 1.70. The topological polar surface area (TPSA) is 59.1 Å². The van der Waals surface area contributed by atoms with Gasteiger partial charge in [0.25, 0.3) is 11.8 Å². The molecule has 6 heteroatoms. The lowest BCUT2D eigenvalue weighted by Crippen LogP contribution is -2.40. The Morgan fingerprint density at radius 2 is 1.74 bits per heavy atom. The number of benzene rings is 1. The number of carbonyl (C=O) groups is 2. The molecule has 122 valence electrons. The fourth-order valence-electron chi connectivity index (χ4n) is 2.95. The zero-order valence-electron chi connectivity index (χ0n) is 13.4. The molecule has 2 heterocycles. The molecular weight excluding hydrogens is 296 g/mol. The third-order valence-electron chi connectivity index (χ3n) is 4.17. The Morgan fingerprint density at radius 3 is 2.30 bits per heavy atom. The summed E-state index contributed by atoms with van der Waals surface area (Å²) in [6, 6.07) is 7.23. The normalized spacial score (nSPS) is 18.9. The smallest absolute Gasteiger partial charge is 0.277 e. The Morgan fingerprint density at radius 1 is 1.09 bits per heavy atom. The van der Waals surface area contributed by atoms with Gasteiger partial charge in [-0.2, -0.15) is 0 Å². The first-order valence-electron chi connectivity index (χ1n) is 7.75. The van der Waals surface area contributed by atoms with Crippen LogP contribution in [-0.4, -0.2) is 61.6 Å². The number of hydrogen-bond acceptors (Lipinski definition) is 5. The summed E-state index contributed by atoms with van der Waals surface area (Å²) in [5.74, 6) is 0.265. The highest BCUT2D eigenvalue weighted by atomic mass is 16.5. The van der Waals surface area contributed by atoms with E-state index < -0.39 is 0 Å². The van der Waals surface area contributed by atoms with Gasteiger partial charge in [-0.15, -0.1) is 0 Å². The highest BCUT2D eigenvalue weighted by molar-refractivity contribution is 6.35. The van der Waals surface area contributed by atoms with Crippen LogP contribution >= 0.6 is 0 Å². The van der Waals surface area contributed by atoms with E-state index in [1.807, 2.05) is 24.0 Å². The second-order valence-electron chi connectivity index (χ2n) is 5.41. The number of nitrogens with zero attached hydrogens (tertiary/aromatic N) is 2. The third kappa shape index (κ3) is 2.70. The first-order valence-corrected chi connectivity index (χ1v) is 7.75. The van der Waals surface area contributed by atoms with E-state index in [2.05, 4.69) is 0 Å². The number of hydrogen-bond donors (Lipinski definition) is 0. The van der Waals surface area contributed by atoms with Crippen LogP contribution in [-0.2, 0) is 14.3 Å². The third-order valence-corrected chi connectivity index (χ3v) is 4.17. The van der Waals surface area contributed by atoms with Gasteiger partial charge in [0, 0.05) is 19.6 Å². The minimum Gasteiger partial charge on any atom is -0.497 e. The maximum absolute atomic E-state index is 12.7. The zero-order valence-corrected chi connectivity index (χ0v) is 13.4. The maximum atomic E-state index is 12.7. The summed E-state index contributed by atoms with van der Waals surface area (Å²) in [5, 5.41) is 0. The summed E-state index contributed by atoms with van der Waals surface area (Å²) < 4.78 is 10.5. The van der Waals surface area contributed by atoms with Crippen molar-refractivity contribution in [2.24, 2.45) is 0 Å². The lowest BCUT2D eigenvalue weighted by Gasteiger charge is -2.29. The zero-order chi connectivity index (χ0) is 16.4. The second-order valence-corrected chi connectivity index (χ2v) is 5.41. The molecule has 0 bridgehead atoms. The first-order chi connectivity index (χ1) is 11.2. The van der Waals surface area contributed by atoms with Crippen LogP contribution in [0.5, 0.6) is 5.75 Å². The fraction of sp³-hybridized carbons (Fsp3) is 0.412. The molecule has 6 nitrogen and oxygen atoms in total. The van der Waals surface area contributed by atoms with Crippen LogP contribution in [0.25, 0.3) is 5.57 Å². The van der Waals surface area contributed by atoms with Crippen molar-refractivity contribution in [2.45, 2.75) is 6.92 Å². The summed E-state index contributed by atoms with van der Waals surface area (Å²) >= 11 is 0.